The standard InChI is InChI=1S/C9H5F3N2O3/c10-9(11,12)17-8-5(4-13)1-2-14-6(8)3-7(15)16/h1-2H,3H2,(H,15,16). The van der Waals surface area contributed by atoms with Crippen LogP contribution in [0.3, 0.4) is 0 Å². The van der Waals surface area contributed by atoms with Crippen LogP contribution in [-0.4, -0.2) is 22.4 Å². The van der Waals surface area contributed by atoms with Crippen molar-refractivity contribution in [2.75, 3.05) is 0 Å². The molecule has 0 atom stereocenters. The van der Waals surface area contributed by atoms with Crippen molar-refractivity contribution >= 4 is 5.97 Å². The van der Waals surface area contributed by atoms with E-state index in [0.29, 0.717) is 0 Å². The number of hydrogen-bond donors (Lipinski definition) is 1. The molecule has 0 aliphatic rings. The molecule has 0 amide bonds. The van der Waals surface area contributed by atoms with Gasteiger partial charge < -0.3 is 9.84 Å². The van der Waals surface area contributed by atoms with Crippen LogP contribution in [0, 0.1) is 11.3 Å². The Bertz CT molecular complexity index is 479. The van der Waals surface area contributed by atoms with E-state index >= 15 is 0 Å². The number of carboxylic acids is 1. The van der Waals surface area contributed by atoms with E-state index in [4.69, 9.17) is 10.4 Å². The number of aliphatic carboxylic acids is 1. The summed E-state index contributed by atoms with van der Waals surface area (Å²) in [5.41, 5.74) is -0.873. The molecule has 0 aliphatic carbocycles. The monoisotopic (exact) mass is 246 g/mol. The molecule has 0 saturated heterocycles. The van der Waals surface area contributed by atoms with Gasteiger partial charge in [-0.2, -0.15) is 5.26 Å². The van der Waals surface area contributed by atoms with Gasteiger partial charge in [0.2, 0.25) is 0 Å². The number of nitriles is 1. The van der Waals surface area contributed by atoms with Crippen LogP contribution >= 0.6 is 0 Å². The van der Waals surface area contributed by atoms with E-state index in [1.54, 1.807) is 0 Å². The lowest BCUT2D eigenvalue weighted by Crippen LogP contribution is -2.20. The van der Waals surface area contributed by atoms with E-state index < -0.39 is 35.8 Å². The van der Waals surface area contributed by atoms with Crippen LogP contribution in [0.1, 0.15) is 11.3 Å². The summed E-state index contributed by atoms with van der Waals surface area (Å²) in [5.74, 6) is -2.25. The summed E-state index contributed by atoms with van der Waals surface area (Å²) in [6.45, 7) is 0. The van der Waals surface area contributed by atoms with Crippen molar-refractivity contribution < 1.29 is 27.8 Å². The van der Waals surface area contributed by atoms with Crippen LogP contribution in [-0.2, 0) is 11.2 Å². The molecule has 0 fully saturated rings. The fraction of sp³-hybridized carbons (Fsp3) is 0.222. The maximum absolute atomic E-state index is 12.1. The van der Waals surface area contributed by atoms with Crippen molar-refractivity contribution in [1.29, 1.82) is 5.26 Å². The highest BCUT2D eigenvalue weighted by atomic mass is 19.4. The Morgan fingerprint density at radius 1 is 1.59 bits per heavy atom. The van der Waals surface area contributed by atoms with E-state index in [0.717, 1.165) is 12.3 Å². The molecular weight excluding hydrogens is 241 g/mol. The van der Waals surface area contributed by atoms with Gasteiger partial charge in [-0.1, -0.05) is 0 Å². The van der Waals surface area contributed by atoms with Gasteiger partial charge in [0, 0.05) is 6.20 Å². The van der Waals surface area contributed by atoms with E-state index in [1.807, 2.05) is 0 Å². The Morgan fingerprint density at radius 3 is 2.71 bits per heavy atom. The smallest absolute Gasteiger partial charge is 0.481 e. The Hall–Kier alpha value is -2.30. The zero-order valence-electron chi connectivity index (χ0n) is 8.15. The number of hydrogen-bond acceptors (Lipinski definition) is 4. The maximum Gasteiger partial charge on any atom is 0.573 e. The third-order valence-electron chi connectivity index (χ3n) is 1.64. The number of nitrogens with zero attached hydrogens (tertiary/aromatic N) is 2. The minimum absolute atomic E-state index is 0.423. The lowest BCUT2D eigenvalue weighted by Gasteiger charge is -2.12. The second-order valence-electron chi connectivity index (χ2n) is 2.86. The zero-order chi connectivity index (χ0) is 13.1. The molecular formula is C9H5F3N2O3. The Balaban J connectivity index is 3.21. The normalized spacial score (nSPS) is 10.7. The predicted molar refractivity (Wildman–Crippen MR) is 47.0 cm³/mol. The molecule has 1 N–H and O–H groups in total. The van der Waals surface area contributed by atoms with Crippen molar-refractivity contribution in [2.45, 2.75) is 12.8 Å². The summed E-state index contributed by atoms with van der Waals surface area (Å²) in [4.78, 5) is 13.9. The molecule has 1 rings (SSSR count). The number of pyridine rings is 1. The molecule has 0 unspecified atom stereocenters. The highest BCUT2D eigenvalue weighted by molar-refractivity contribution is 5.71. The number of halogens is 3. The minimum atomic E-state index is -5.01. The first-order chi connectivity index (χ1) is 7.83. The second-order valence-corrected chi connectivity index (χ2v) is 2.86. The highest BCUT2D eigenvalue weighted by Gasteiger charge is 2.34. The van der Waals surface area contributed by atoms with Crippen LogP contribution < -0.4 is 4.74 Å². The fourth-order valence-corrected chi connectivity index (χ4v) is 1.08. The molecule has 1 heterocycles. The first-order valence-electron chi connectivity index (χ1n) is 4.19. The van der Waals surface area contributed by atoms with Crippen LogP contribution in [0.25, 0.3) is 0 Å². The maximum atomic E-state index is 12.1. The molecule has 0 bridgehead atoms. The van der Waals surface area contributed by atoms with Gasteiger partial charge in [0.1, 0.15) is 6.07 Å². The van der Waals surface area contributed by atoms with E-state index in [9.17, 15) is 18.0 Å². The van der Waals surface area contributed by atoms with E-state index in [1.165, 1.54) is 6.07 Å². The molecule has 1 aromatic heterocycles. The Morgan fingerprint density at radius 2 is 2.24 bits per heavy atom. The largest absolute Gasteiger partial charge is 0.573 e. The fourth-order valence-electron chi connectivity index (χ4n) is 1.08. The molecule has 5 nitrogen and oxygen atoms in total. The van der Waals surface area contributed by atoms with Crippen molar-refractivity contribution in [3.63, 3.8) is 0 Å². The van der Waals surface area contributed by atoms with Gasteiger partial charge in [0.05, 0.1) is 17.7 Å². The van der Waals surface area contributed by atoms with Crippen molar-refractivity contribution in [1.82, 2.24) is 4.98 Å². The first-order valence-corrected chi connectivity index (χ1v) is 4.19. The van der Waals surface area contributed by atoms with Gasteiger partial charge in [-0.15, -0.1) is 13.2 Å². The van der Waals surface area contributed by atoms with Crippen molar-refractivity contribution in [3.05, 3.63) is 23.5 Å². The Kier molecular flexibility index (Phi) is 3.52. The molecule has 90 valence electrons. The van der Waals surface area contributed by atoms with Crippen LogP contribution in [0.2, 0.25) is 0 Å². The summed E-state index contributed by atoms with van der Waals surface area (Å²) in [7, 11) is 0. The van der Waals surface area contributed by atoms with Gasteiger partial charge in [0.25, 0.3) is 0 Å². The SMILES string of the molecule is N#Cc1ccnc(CC(=O)O)c1OC(F)(F)F. The van der Waals surface area contributed by atoms with Crippen LogP contribution in [0.5, 0.6) is 5.75 Å². The average molecular weight is 246 g/mol. The van der Waals surface area contributed by atoms with Crippen LogP contribution in [0.4, 0.5) is 13.2 Å². The van der Waals surface area contributed by atoms with Gasteiger partial charge in [-0.3, -0.25) is 9.78 Å². The Labute approximate surface area is 93.1 Å². The van der Waals surface area contributed by atoms with Crippen molar-refractivity contribution in [3.8, 4) is 11.8 Å². The quantitative estimate of drug-likeness (QED) is 0.873. The molecule has 8 heteroatoms. The number of carbonyl (C=O) groups is 1. The summed E-state index contributed by atoms with van der Waals surface area (Å²) < 4.78 is 39.8. The number of aromatic nitrogens is 1. The molecule has 0 saturated carbocycles. The van der Waals surface area contributed by atoms with Crippen molar-refractivity contribution in [2.24, 2.45) is 0 Å². The zero-order valence-corrected chi connectivity index (χ0v) is 8.15. The third kappa shape index (κ3) is 3.64. The lowest BCUT2D eigenvalue weighted by atomic mass is 10.2. The molecule has 0 aliphatic heterocycles. The van der Waals surface area contributed by atoms with E-state index in [2.05, 4.69) is 9.72 Å². The average Bonchev–Trinajstić information content (AvgIpc) is 2.17. The number of rotatable bonds is 3. The summed E-state index contributed by atoms with van der Waals surface area (Å²) in [6, 6.07) is 2.48. The minimum Gasteiger partial charge on any atom is -0.481 e. The molecule has 0 aromatic carbocycles. The molecule has 17 heavy (non-hydrogen) atoms. The molecule has 0 radical (unpaired) electrons. The summed E-state index contributed by atoms with van der Waals surface area (Å²) in [6.07, 6.45) is -4.73. The number of alkyl halides is 3. The summed E-state index contributed by atoms with van der Waals surface area (Å²) in [5, 5.41) is 17.1. The molecule has 0 spiro atoms. The van der Waals surface area contributed by atoms with E-state index in [-0.39, 0.29) is 0 Å². The van der Waals surface area contributed by atoms with Gasteiger partial charge in [-0.05, 0) is 6.07 Å². The van der Waals surface area contributed by atoms with Gasteiger partial charge in [-0.25, -0.2) is 0 Å². The molecule has 1 aromatic rings. The lowest BCUT2D eigenvalue weighted by molar-refractivity contribution is -0.275. The summed E-state index contributed by atoms with van der Waals surface area (Å²) >= 11 is 0. The first kappa shape index (κ1) is 12.8. The van der Waals surface area contributed by atoms with Crippen LogP contribution in [0.15, 0.2) is 12.3 Å². The van der Waals surface area contributed by atoms with Gasteiger partial charge in [0.15, 0.2) is 5.75 Å². The second kappa shape index (κ2) is 4.69. The van der Waals surface area contributed by atoms with Gasteiger partial charge >= 0.3 is 12.3 Å². The topological polar surface area (TPSA) is 83.2 Å². The highest BCUT2D eigenvalue weighted by Crippen LogP contribution is 2.28. The number of ether oxygens (including phenoxy) is 1. The number of carboxylic acid groups (broad SMARTS) is 1. The predicted octanol–water partition coefficient (Wildman–Crippen LogP) is 1.48. The third-order valence-corrected chi connectivity index (χ3v) is 1.64.